The molecule has 0 radical (unpaired) electrons. The third-order valence-electron chi connectivity index (χ3n) is 2.51. The SMILES string of the molecule is Cc1cc(C)c(C(=O)OCC(=O)NC(=O)NC(C)C)c(Cl)n1. The molecule has 0 spiro atoms. The summed E-state index contributed by atoms with van der Waals surface area (Å²) in [7, 11) is 0. The molecule has 3 amide bonds. The smallest absolute Gasteiger partial charge is 0.342 e. The number of ether oxygens (including phenoxy) is 1. The molecule has 120 valence electrons. The third kappa shape index (κ3) is 5.33. The summed E-state index contributed by atoms with van der Waals surface area (Å²) >= 11 is 5.91. The Balaban J connectivity index is 2.60. The molecule has 0 aliphatic carbocycles. The van der Waals surface area contributed by atoms with E-state index < -0.39 is 24.5 Å². The van der Waals surface area contributed by atoms with Crippen LogP contribution in [-0.2, 0) is 9.53 Å². The Morgan fingerprint density at radius 1 is 1.32 bits per heavy atom. The molecule has 0 fully saturated rings. The Kier molecular flexibility index (Phi) is 6.30. The summed E-state index contributed by atoms with van der Waals surface area (Å²) < 4.78 is 4.84. The number of hydrogen-bond donors (Lipinski definition) is 2. The first-order valence-electron chi connectivity index (χ1n) is 6.62. The minimum absolute atomic E-state index is 0.0143. The molecule has 7 nitrogen and oxygen atoms in total. The highest BCUT2D eigenvalue weighted by atomic mass is 35.5. The Hall–Kier alpha value is -2.15. The molecule has 0 aliphatic rings. The average Bonchev–Trinajstić information content (AvgIpc) is 2.33. The normalized spacial score (nSPS) is 10.3. The Morgan fingerprint density at radius 2 is 1.95 bits per heavy atom. The van der Waals surface area contributed by atoms with Crippen molar-refractivity contribution in [3.8, 4) is 0 Å². The molecule has 0 saturated heterocycles. The van der Waals surface area contributed by atoms with Crippen LogP contribution in [0.25, 0.3) is 0 Å². The number of rotatable bonds is 4. The van der Waals surface area contributed by atoms with E-state index in [1.165, 1.54) is 0 Å². The minimum Gasteiger partial charge on any atom is -0.452 e. The lowest BCUT2D eigenvalue weighted by molar-refractivity contribution is -0.123. The lowest BCUT2D eigenvalue weighted by Crippen LogP contribution is -2.44. The number of esters is 1. The largest absolute Gasteiger partial charge is 0.452 e. The van der Waals surface area contributed by atoms with Crippen LogP contribution >= 0.6 is 11.6 Å². The fourth-order valence-corrected chi connectivity index (χ4v) is 2.06. The molecular formula is C14H18ClN3O4. The van der Waals surface area contributed by atoms with Gasteiger partial charge in [0.05, 0.1) is 5.56 Å². The van der Waals surface area contributed by atoms with E-state index in [4.69, 9.17) is 16.3 Å². The Bertz CT molecular complexity index is 579. The van der Waals surface area contributed by atoms with Gasteiger partial charge >= 0.3 is 12.0 Å². The number of hydrogen-bond acceptors (Lipinski definition) is 5. The Labute approximate surface area is 133 Å². The van der Waals surface area contributed by atoms with Gasteiger partial charge in [0.25, 0.3) is 5.91 Å². The third-order valence-corrected chi connectivity index (χ3v) is 2.79. The van der Waals surface area contributed by atoms with Crippen LogP contribution in [-0.4, -0.2) is 35.5 Å². The second kappa shape index (κ2) is 7.74. The number of urea groups is 1. The first-order chi connectivity index (χ1) is 10.2. The molecule has 1 heterocycles. The van der Waals surface area contributed by atoms with Gasteiger partial charge in [-0.1, -0.05) is 11.6 Å². The summed E-state index contributed by atoms with van der Waals surface area (Å²) in [5.41, 5.74) is 1.37. The number of aromatic nitrogens is 1. The van der Waals surface area contributed by atoms with Crippen molar-refractivity contribution in [2.45, 2.75) is 33.7 Å². The van der Waals surface area contributed by atoms with Crippen molar-refractivity contribution in [1.82, 2.24) is 15.6 Å². The highest BCUT2D eigenvalue weighted by Crippen LogP contribution is 2.19. The van der Waals surface area contributed by atoms with Crippen molar-refractivity contribution < 1.29 is 19.1 Å². The maximum absolute atomic E-state index is 11.9. The molecule has 8 heteroatoms. The van der Waals surface area contributed by atoms with Crippen molar-refractivity contribution >= 4 is 29.5 Å². The van der Waals surface area contributed by atoms with Crippen LogP contribution in [0.5, 0.6) is 0 Å². The fourth-order valence-electron chi connectivity index (χ4n) is 1.70. The second-order valence-electron chi connectivity index (χ2n) is 5.00. The van der Waals surface area contributed by atoms with Gasteiger partial charge in [-0.15, -0.1) is 0 Å². The molecule has 2 N–H and O–H groups in total. The van der Waals surface area contributed by atoms with Gasteiger partial charge in [0.2, 0.25) is 0 Å². The topological polar surface area (TPSA) is 97.4 Å². The summed E-state index contributed by atoms with van der Waals surface area (Å²) in [6.07, 6.45) is 0. The summed E-state index contributed by atoms with van der Waals surface area (Å²) in [6.45, 7) is 6.34. The maximum Gasteiger partial charge on any atom is 0.342 e. The van der Waals surface area contributed by atoms with Gasteiger partial charge < -0.3 is 10.1 Å². The van der Waals surface area contributed by atoms with Crippen molar-refractivity contribution in [2.24, 2.45) is 0 Å². The molecule has 0 atom stereocenters. The molecule has 1 rings (SSSR count). The van der Waals surface area contributed by atoms with Crippen LogP contribution in [0.4, 0.5) is 4.79 Å². The summed E-state index contributed by atoms with van der Waals surface area (Å²) in [5, 5.41) is 4.53. The van der Waals surface area contributed by atoms with Crippen molar-refractivity contribution in [3.05, 3.63) is 28.0 Å². The van der Waals surface area contributed by atoms with Gasteiger partial charge in [-0.2, -0.15) is 0 Å². The number of halogens is 1. The number of amides is 3. The molecule has 22 heavy (non-hydrogen) atoms. The fraction of sp³-hybridized carbons (Fsp3) is 0.429. The first-order valence-corrected chi connectivity index (χ1v) is 6.99. The van der Waals surface area contributed by atoms with E-state index in [-0.39, 0.29) is 16.8 Å². The van der Waals surface area contributed by atoms with E-state index in [1.807, 2.05) is 5.32 Å². The number of imide groups is 1. The predicted molar refractivity (Wildman–Crippen MR) is 80.8 cm³/mol. The van der Waals surface area contributed by atoms with Gasteiger partial charge in [-0.3, -0.25) is 10.1 Å². The molecule has 0 bridgehead atoms. The monoisotopic (exact) mass is 327 g/mol. The molecule has 0 saturated carbocycles. The van der Waals surface area contributed by atoms with Gasteiger partial charge in [-0.25, -0.2) is 14.6 Å². The van der Waals surface area contributed by atoms with Crippen molar-refractivity contribution in [3.63, 3.8) is 0 Å². The van der Waals surface area contributed by atoms with Gasteiger partial charge in [0.15, 0.2) is 6.61 Å². The van der Waals surface area contributed by atoms with E-state index in [9.17, 15) is 14.4 Å². The zero-order valence-electron chi connectivity index (χ0n) is 12.8. The van der Waals surface area contributed by atoms with Crippen LogP contribution < -0.4 is 10.6 Å². The van der Waals surface area contributed by atoms with Crippen LogP contribution in [0, 0.1) is 13.8 Å². The van der Waals surface area contributed by atoms with Crippen molar-refractivity contribution in [2.75, 3.05) is 6.61 Å². The lowest BCUT2D eigenvalue weighted by Gasteiger charge is -2.11. The first kappa shape index (κ1) is 17.9. The zero-order valence-corrected chi connectivity index (χ0v) is 13.6. The molecule has 0 aromatic carbocycles. The minimum atomic E-state index is -0.769. The molecular weight excluding hydrogens is 310 g/mol. The highest BCUT2D eigenvalue weighted by molar-refractivity contribution is 6.32. The van der Waals surface area contributed by atoms with E-state index in [1.54, 1.807) is 33.8 Å². The number of aryl methyl sites for hydroxylation is 2. The van der Waals surface area contributed by atoms with E-state index in [0.717, 1.165) is 0 Å². The number of pyridine rings is 1. The predicted octanol–water partition coefficient (Wildman–Crippen LogP) is 1.74. The van der Waals surface area contributed by atoms with Crippen LogP contribution in [0.1, 0.15) is 35.5 Å². The summed E-state index contributed by atoms with van der Waals surface area (Å²) in [6, 6.07) is 0.913. The number of nitrogens with zero attached hydrogens (tertiary/aromatic N) is 1. The number of nitrogens with one attached hydrogen (secondary N) is 2. The van der Waals surface area contributed by atoms with Gasteiger partial charge in [-0.05, 0) is 39.3 Å². The molecule has 1 aromatic heterocycles. The van der Waals surface area contributed by atoms with Crippen LogP contribution in [0.3, 0.4) is 0 Å². The van der Waals surface area contributed by atoms with Crippen LogP contribution in [0.2, 0.25) is 5.15 Å². The number of carbonyl (C=O) groups is 3. The molecule has 1 aromatic rings. The lowest BCUT2D eigenvalue weighted by atomic mass is 10.1. The highest BCUT2D eigenvalue weighted by Gasteiger charge is 2.18. The van der Waals surface area contributed by atoms with Crippen LogP contribution in [0.15, 0.2) is 6.07 Å². The summed E-state index contributed by atoms with van der Waals surface area (Å²) in [5.74, 6) is -1.50. The van der Waals surface area contributed by atoms with E-state index in [2.05, 4.69) is 10.3 Å². The molecule has 0 unspecified atom stereocenters. The van der Waals surface area contributed by atoms with Gasteiger partial charge in [0.1, 0.15) is 5.15 Å². The maximum atomic E-state index is 11.9. The Morgan fingerprint density at radius 3 is 2.50 bits per heavy atom. The number of carbonyl (C=O) groups excluding carboxylic acids is 3. The second-order valence-corrected chi connectivity index (χ2v) is 5.36. The summed E-state index contributed by atoms with van der Waals surface area (Å²) in [4.78, 5) is 38.7. The van der Waals surface area contributed by atoms with E-state index >= 15 is 0 Å². The molecule has 0 aliphatic heterocycles. The zero-order chi connectivity index (χ0) is 16.9. The van der Waals surface area contributed by atoms with Crippen molar-refractivity contribution in [1.29, 1.82) is 0 Å². The van der Waals surface area contributed by atoms with E-state index in [0.29, 0.717) is 11.3 Å². The van der Waals surface area contributed by atoms with Gasteiger partial charge in [0, 0.05) is 11.7 Å². The average molecular weight is 328 g/mol. The standard InChI is InChI=1S/C14H18ClN3O4/c1-7(2)16-14(21)18-10(19)6-22-13(20)11-8(3)5-9(4)17-12(11)15/h5,7H,6H2,1-4H3,(H2,16,18,19,21). The quantitative estimate of drug-likeness (QED) is 0.648.